The quantitative estimate of drug-likeness (QED) is 0.416. The van der Waals surface area contributed by atoms with Crippen molar-refractivity contribution in [3.8, 4) is 11.5 Å². The Hall–Kier alpha value is -2.53. The van der Waals surface area contributed by atoms with Crippen LogP contribution >= 0.6 is 0 Å². The van der Waals surface area contributed by atoms with Crippen molar-refractivity contribution in [2.24, 2.45) is 17.8 Å². The van der Waals surface area contributed by atoms with E-state index in [-0.39, 0.29) is 35.2 Å². The van der Waals surface area contributed by atoms with Crippen LogP contribution in [-0.4, -0.2) is 33.4 Å². The SMILES string of the molecule is COc1ccc([C@H]2OC[C@H](Cc3ccc(C(C)(C)C)cc3)[C@@H]2COC(=O)C2CCCC2)cc1OC. The summed E-state index contributed by atoms with van der Waals surface area (Å²) in [5, 5.41) is 0. The highest BCUT2D eigenvalue weighted by Crippen LogP contribution is 2.43. The maximum absolute atomic E-state index is 12.7. The van der Waals surface area contributed by atoms with E-state index in [0.717, 1.165) is 37.7 Å². The largest absolute Gasteiger partial charge is 0.493 e. The molecule has 2 aliphatic rings. The number of hydrogen-bond donors (Lipinski definition) is 0. The molecule has 2 aromatic carbocycles. The molecule has 0 radical (unpaired) electrons. The highest BCUT2D eigenvalue weighted by atomic mass is 16.5. The van der Waals surface area contributed by atoms with Gasteiger partial charge in [-0.05, 0) is 59.4 Å². The molecule has 1 saturated heterocycles. The van der Waals surface area contributed by atoms with Crippen molar-refractivity contribution in [2.45, 2.75) is 64.4 Å². The summed E-state index contributed by atoms with van der Waals surface area (Å²) in [6.07, 6.45) is 4.86. The van der Waals surface area contributed by atoms with Crippen molar-refractivity contribution in [1.82, 2.24) is 0 Å². The zero-order valence-electron chi connectivity index (χ0n) is 21.8. The van der Waals surface area contributed by atoms with Gasteiger partial charge in [-0.25, -0.2) is 0 Å². The summed E-state index contributed by atoms with van der Waals surface area (Å²) in [6, 6.07) is 14.8. The lowest BCUT2D eigenvalue weighted by Gasteiger charge is -2.25. The molecule has 1 aliphatic carbocycles. The molecule has 2 fully saturated rings. The molecule has 4 rings (SSSR count). The molecule has 5 heteroatoms. The summed E-state index contributed by atoms with van der Waals surface area (Å²) in [7, 11) is 3.28. The third-order valence-electron chi connectivity index (χ3n) is 7.64. The van der Waals surface area contributed by atoms with E-state index in [1.807, 2.05) is 18.2 Å². The van der Waals surface area contributed by atoms with Crippen molar-refractivity contribution >= 4 is 5.97 Å². The van der Waals surface area contributed by atoms with Crippen LogP contribution in [-0.2, 0) is 26.1 Å². The minimum atomic E-state index is -0.162. The average Bonchev–Trinajstić information content (AvgIpc) is 3.52. The summed E-state index contributed by atoms with van der Waals surface area (Å²) in [5.41, 5.74) is 3.76. The molecule has 0 bridgehead atoms. The molecule has 0 aromatic heterocycles. The summed E-state index contributed by atoms with van der Waals surface area (Å²) >= 11 is 0. The highest BCUT2D eigenvalue weighted by molar-refractivity contribution is 5.72. The van der Waals surface area contributed by atoms with Crippen molar-refractivity contribution < 1.29 is 23.7 Å². The van der Waals surface area contributed by atoms with Crippen LogP contribution in [0.4, 0.5) is 0 Å². The Kier molecular flexibility index (Phi) is 8.05. The van der Waals surface area contributed by atoms with Crippen LogP contribution in [0.25, 0.3) is 0 Å². The minimum absolute atomic E-state index is 0.0475. The Labute approximate surface area is 210 Å². The average molecular weight is 481 g/mol. The molecule has 2 aromatic rings. The lowest BCUT2D eigenvalue weighted by Crippen LogP contribution is -2.26. The second-order valence-corrected chi connectivity index (χ2v) is 11.1. The van der Waals surface area contributed by atoms with Gasteiger partial charge in [0.15, 0.2) is 11.5 Å². The van der Waals surface area contributed by atoms with Crippen LogP contribution in [0.5, 0.6) is 11.5 Å². The highest BCUT2D eigenvalue weighted by Gasteiger charge is 2.40. The number of esters is 1. The lowest BCUT2D eigenvalue weighted by atomic mass is 9.82. The predicted octanol–water partition coefficient (Wildman–Crippen LogP) is 6.28. The molecule has 1 aliphatic heterocycles. The van der Waals surface area contributed by atoms with Gasteiger partial charge in [0.05, 0.1) is 39.5 Å². The first kappa shape index (κ1) is 25.6. The first-order chi connectivity index (χ1) is 16.8. The summed E-state index contributed by atoms with van der Waals surface area (Å²) in [6.45, 7) is 7.70. The third kappa shape index (κ3) is 6.00. The van der Waals surface area contributed by atoms with Gasteiger partial charge in [0.2, 0.25) is 0 Å². The fraction of sp³-hybridized carbons (Fsp3) is 0.567. The molecule has 35 heavy (non-hydrogen) atoms. The molecule has 5 nitrogen and oxygen atoms in total. The van der Waals surface area contributed by atoms with Crippen LogP contribution in [0.3, 0.4) is 0 Å². The van der Waals surface area contributed by atoms with E-state index in [2.05, 4.69) is 45.0 Å². The summed E-state index contributed by atoms with van der Waals surface area (Å²) in [4.78, 5) is 12.7. The van der Waals surface area contributed by atoms with Gasteiger partial charge in [-0.3, -0.25) is 4.79 Å². The number of benzene rings is 2. The smallest absolute Gasteiger partial charge is 0.308 e. The lowest BCUT2D eigenvalue weighted by molar-refractivity contribution is -0.150. The standard InChI is InChI=1S/C30H40O5/c1-30(2,3)24-13-10-20(11-14-24)16-23-18-34-28(22-12-15-26(32-4)27(17-22)33-5)25(23)19-35-29(31)21-8-6-7-9-21/h10-15,17,21,23,25,28H,6-9,16,18-19H2,1-5H3/t23-,25-,28+/m0/s1. The van der Waals surface area contributed by atoms with Crippen molar-refractivity contribution in [3.05, 3.63) is 59.2 Å². The Morgan fingerprint density at radius 1 is 0.971 bits per heavy atom. The monoisotopic (exact) mass is 480 g/mol. The molecule has 0 N–H and O–H groups in total. The Balaban J connectivity index is 1.53. The van der Waals surface area contributed by atoms with E-state index in [4.69, 9.17) is 18.9 Å². The maximum atomic E-state index is 12.7. The normalized spacial score (nSPS) is 22.8. The maximum Gasteiger partial charge on any atom is 0.308 e. The second-order valence-electron chi connectivity index (χ2n) is 11.1. The Morgan fingerprint density at radius 3 is 2.29 bits per heavy atom. The van der Waals surface area contributed by atoms with E-state index in [1.165, 1.54) is 11.1 Å². The van der Waals surface area contributed by atoms with Crippen LogP contribution in [0.2, 0.25) is 0 Å². The summed E-state index contributed by atoms with van der Waals surface area (Å²) < 4.78 is 23.2. The zero-order valence-corrected chi connectivity index (χ0v) is 21.8. The topological polar surface area (TPSA) is 54.0 Å². The van der Waals surface area contributed by atoms with Crippen molar-refractivity contribution in [3.63, 3.8) is 0 Å². The van der Waals surface area contributed by atoms with Gasteiger partial charge in [0.25, 0.3) is 0 Å². The molecule has 0 spiro atoms. The van der Waals surface area contributed by atoms with E-state index in [9.17, 15) is 4.79 Å². The molecular weight excluding hydrogens is 440 g/mol. The predicted molar refractivity (Wildman–Crippen MR) is 137 cm³/mol. The first-order valence-corrected chi connectivity index (χ1v) is 12.9. The van der Waals surface area contributed by atoms with Crippen LogP contribution in [0.15, 0.2) is 42.5 Å². The zero-order chi connectivity index (χ0) is 25.0. The molecule has 1 heterocycles. The van der Waals surface area contributed by atoms with Crippen molar-refractivity contribution in [1.29, 1.82) is 0 Å². The van der Waals surface area contributed by atoms with Gasteiger partial charge in [-0.2, -0.15) is 0 Å². The molecule has 190 valence electrons. The van der Waals surface area contributed by atoms with E-state index < -0.39 is 0 Å². The minimum Gasteiger partial charge on any atom is -0.493 e. The Bertz CT molecular complexity index is 985. The van der Waals surface area contributed by atoms with E-state index >= 15 is 0 Å². The van der Waals surface area contributed by atoms with Crippen LogP contribution in [0.1, 0.15) is 69.2 Å². The van der Waals surface area contributed by atoms with E-state index in [1.54, 1.807) is 14.2 Å². The molecule has 0 unspecified atom stereocenters. The van der Waals surface area contributed by atoms with Crippen molar-refractivity contribution in [2.75, 3.05) is 27.4 Å². The van der Waals surface area contributed by atoms with Gasteiger partial charge < -0.3 is 18.9 Å². The van der Waals surface area contributed by atoms with Gasteiger partial charge in [0, 0.05) is 5.92 Å². The van der Waals surface area contributed by atoms with Gasteiger partial charge in [-0.1, -0.05) is 63.9 Å². The fourth-order valence-electron chi connectivity index (χ4n) is 5.43. The summed E-state index contributed by atoms with van der Waals surface area (Å²) in [5.74, 6) is 1.70. The van der Waals surface area contributed by atoms with Crippen LogP contribution < -0.4 is 9.47 Å². The van der Waals surface area contributed by atoms with Gasteiger partial charge >= 0.3 is 5.97 Å². The second kappa shape index (κ2) is 11.0. The number of carbonyl (C=O) groups is 1. The first-order valence-electron chi connectivity index (χ1n) is 12.9. The number of ether oxygens (including phenoxy) is 4. The number of hydrogen-bond acceptors (Lipinski definition) is 5. The number of methoxy groups -OCH3 is 2. The molecule has 1 saturated carbocycles. The number of rotatable bonds is 8. The van der Waals surface area contributed by atoms with E-state index in [0.29, 0.717) is 24.7 Å². The van der Waals surface area contributed by atoms with Crippen LogP contribution in [0, 0.1) is 17.8 Å². The molecule has 0 amide bonds. The Morgan fingerprint density at radius 2 is 1.66 bits per heavy atom. The molecule has 3 atom stereocenters. The molecular formula is C30H40O5. The van der Waals surface area contributed by atoms with Gasteiger partial charge in [-0.15, -0.1) is 0 Å². The van der Waals surface area contributed by atoms with Gasteiger partial charge in [0.1, 0.15) is 0 Å². The fourth-order valence-corrected chi connectivity index (χ4v) is 5.43. The third-order valence-corrected chi connectivity index (χ3v) is 7.64. The number of carbonyl (C=O) groups excluding carboxylic acids is 1.